The summed E-state index contributed by atoms with van der Waals surface area (Å²) in [5.41, 5.74) is 1.97. The molecule has 3 heterocycles. The van der Waals surface area contributed by atoms with Crippen molar-refractivity contribution in [1.29, 1.82) is 5.26 Å². The third-order valence-electron chi connectivity index (χ3n) is 5.18. The van der Waals surface area contributed by atoms with Crippen LogP contribution in [0.3, 0.4) is 0 Å². The number of nitriles is 1. The minimum absolute atomic E-state index is 0.121. The molecule has 1 amide bonds. The monoisotopic (exact) mass is 392 g/mol. The maximum atomic E-state index is 13.7. The van der Waals surface area contributed by atoms with Gasteiger partial charge in [0, 0.05) is 55.6 Å². The Labute approximate surface area is 168 Å². The fourth-order valence-corrected chi connectivity index (χ4v) is 3.58. The molecule has 4 rings (SSSR count). The molecule has 1 saturated heterocycles. The molecule has 0 aliphatic carbocycles. The minimum Gasteiger partial charge on any atom is -0.460 e. The second-order valence-corrected chi connectivity index (χ2v) is 7.50. The van der Waals surface area contributed by atoms with Gasteiger partial charge in [0.1, 0.15) is 22.7 Å². The number of fused-ring (bicyclic) bond motifs is 1. The topological polar surface area (TPSA) is 73.4 Å². The van der Waals surface area contributed by atoms with Crippen molar-refractivity contribution < 1.29 is 13.6 Å². The van der Waals surface area contributed by atoms with Gasteiger partial charge in [-0.05, 0) is 24.3 Å². The van der Waals surface area contributed by atoms with Crippen molar-refractivity contribution in [3.05, 3.63) is 59.4 Å². The third-order valence-corrected chi connectivity index (χ3v) is 5.18. The van der Waals surface area contributed by atoms with Crippen LogP contribution >= 0.6 is 0 Å². The number of carbonyl (C=O) groups is 1. The van der Waals surface area contributed by atoms with Crippen LogP contribution in [-0.4, -0.2) is 42.0 Å². The standard InChI is InChI=1S/C22H21FN4O2/c1-14(2)20-9-16-12-25-13-19(21(16)29-20)22(28)27-5-3-26(4-6-27)18-8-15(11-24)7-17(23)10-18/h7-10,12-14H,3-6H2,1-2H3. The van der Waals surface area contributed by atoms with Crippen molar-refractivity contribution in [3.63, 3.8) is 0 Å². The first-order valence-corrected chi connectivity index (χ1v) is 9.58. The molecular formula is C22H21FN4O2. The van der Waals surface area contributed by atoms with Gasteiger partial charge in [-0.3, -0.25) is 9.78 Å². The summed E-state index contributed by atoms with van der Waals surface area (Å²) in [4.78, 5) is 21.0. The summed E-state index contributed by atoms with van der Waals surface area (Å²) < 4.78 is 19.7. The lowest BCUT2D eigenvalue weighted by Crippen LogP contribution is -2.48. The summed E-state index contributed by atoms with van der Waals surface area (Å²) in [6.45, 7) is 6.17. The number of rotatable bonds is 3. The van der Waals surface area contributed by atoms with E-state index in [-0.39, 0.29) is 17.4 Å². The van der Waals surface area contributed by atoms with Crippen LogP contribution in [0.1, 0.15) is 41.4 Å². The number of halogens is 1. The number of pyridine rings is 1. The molecule has 2 aromatic heterocycles. The van der Waals surface area contributed by atoms with E-state index in [4.69, 9.17) is 9.68 Å². The van der Waals surface area contributed by atoms with Crippen molar-refractivity contribution in [2.75, 3.05) is 31.1 Å². The van der Waals surface area contributed by atoms with Crippen molar-refractivity contribution in [2.45, 2.75) is 19.8 Å². The van der Waals surface area contributed by atoms with Crippen LogP contribution < -0.4 is 4.90 Å². The number of hydrogen-bond donors (Lipinski definition) is 0. The molecule has 0 unspecified atom stereocenters. The lowest BCUT2D eigenvalue weighted by atomic mass is 10.1. The number of carbonyl (C=O) groups excluding carboxylic acids is 1. The van der Waals surface area contributed by atoms with Gasteiger partial charge >= 0.3 is 0 Å². The van der Waals surface area contributed by atoms with Gasteiger partial charge in [-0.15, -0.1) is 0 Å². The summed E-state index contributed by atoms with van der Waals surface area (Å²) in [6, 6.07) is 8.20. The van der Waals surface area contributed by atoms with E-state index in [1.165, 1.54) is 12.1 Å². The molecule has 148 valence electrons. The van der Waals surface area contributed by atoms with Gasteiger partial charge in [-0.25, -0.2) is 4.39 Å². The van der Waals surface area contributed by atoms with Gasteiger partial charge in [0.2, 0.25) is 0 Å². The summed E-state index contributed by atoms with van der Waals surface area (Å²) in [5, 5.41) is 9.87. The maximum Gasteiger partial charge on any atom is 0.259 e. The predicted molar refractivity (Wildman–Crippen MR) is 107 cm³/mol. The zero-order valence-corrected chi connectivity index (χ0v) is 16.4. The van der Waals surface area contributed by atoms with Crippen molar-refractivity contribution in [3.8, 4) is 6.07 Å². The average molecular weight is 392 g/mol. The Kier molecular flexibility index (Phi) is 4.93. The van der Waals surface area contributed by atoms with Crippen molar-refractivity contribution in [1.82, 2.24) is 9.88 Å². The Balaban J connectivity index is 1.52. The highest BCUT2D eigenvalue weighted by Gasteiger charge is 2.25. The number of aromatic nitrogens is 1. The lowest BCUT2D eigenvalue weighted by molar-refractivity contribution is 0.0747. The number of furan rings is 1. The summed E-state index contributed by atoms with van der Waals surface area (Å²) in [6.07, 6.45) is 3.26. The molecule has 1 aliphatic rings. The van der Waals surface area contributed by atoms with E-state index >= 15 is 0 Å². The quantitative estimate of drug-likeness (QED) is 0.675. The normalized spacial score (nSPS) is 14.4. The highest BCUT2D eigenvalue weighted by Crippen LogP contribution is 2.28. The van der Waals surface area contributed by atoms with Crippen LogP contribution in [0, 0.1) is 17.1 Å². The van der Waals surface area contributed by atoms with Crippen molar-refractivity contribution >= 4 is 22.6 Å². The highest BCUT2D eigenvalue weighted by atomic mass is 19.1. The lowest BCUT2D eigenvalue weighted by Gasteiger charge is -2.36. The van der Waals surface area contributed by atoms with Crippen LogP contribution in [0.15, 0.2) is 41.1 Å². The average Bonchev–Trinajstić information content (AvgIpc) is 3.18. The zero-order valence-electron chi connectivity index (χ0n) is 16.4. The molecular weight excluding hydrogens is 371 g/mol. The third kappa shape index (κ3) is 3.66. The van der Waals surface area contributed by atoms with E-state index in [1.54, 1.807) is 23.4 Å². The molecule has 0 atom stereocenters. The maximum absolute atomic E-state index is 13.7. The molecule has 0 N–H and O–H groups in total. The summed E-state index contributed by atoms with van der Waals surface area (Å²) >= 11 is 0. The van der Waals surface area contributed by atoms with Gasteiger partial charge in [-0.1, -0.05) is 13.8 Å². The Hall–Kier alpha value is -3.40. The molecule has 29 heavy (non-hydrogen) atoms. The SMILES string of the molecule is CC(C)c1cc2cncc(C(=O)N3CCN(c4cc(F)cc(C#N)c4)CC3)c2o1. The van der Waals surface area contributed by atoms with E-state index in [0.29, 0.717) is 43.0 Å². The fraction of sp³-hybridized carbons (Fsp3) is 0.318. The van der Waals surface area contributed by atoms with Gasteiger partial charge in [0.25, 0.3) is 5.91 Å². The van der Waals surface area contributed by atoms with Gasteiger partial charge in [-0.2, -0.15) is 5.26 Å². The first-order valence-electron chi connectivity index (χ1n) is 9.58. The molecule has 3 aromatic rings. The number of anilines is 1. The van der Waals surface area contributed by atoms with Crippen molar-refractivity contribution in [2.24, 2.45) is 0 Å². The van der Waals surface area contributed by atoms with E-state index < -0.39 is 5.82 Å². The van der Waals surface area contributed by atoms with Crippen LogP contribution in [0.2, 0.25) is 0 Å². The Morgan fingerprint density at radius 1 is 1.17 bits per heavy atom. The van der Waals surface area contributed by atoms with E-state index in [9.17, 15) is 9.18 Å². The molecule has 1 aliphatic heterocycles. The number of amides is 1. The van der Waals surface area contributed by atoms with Gasteiger partial charge < -0.3 is 14.2 Å². The number of hydrogen-bond acceptors (Lipinski definition) is 5. The second-order valence-electron chi connectivity index (χ2n) is 7.50. The number of piperazine rings is 1. The van der Waals surface area contributed by atoms with E-state index in [0.717, 1.165) is 11.1 Å². The molecule has 6 nitrogen and oxygen atoms in total. The van der Waals surface area contributed by atoms with Crippen LogP contribution in [-0.2, 0) is 0 Å². The summed E-state index contributed by atoms with van der Waals surface area (Å²) in [7, 11) is 0. The van der Waals surface area contributed by atoms with Gasteiger partial charge in [0.15, 0.2) is 0 Å². The fourth-order valence-electron chi connectivity index (χ4n) is 3.58. The van der Waals surface area contributed by atoms with Crippen LogP contribution in [0.5, 0.6) is 0 Å². The molecule has 1 fully saturated rings. The predicted octanol–water partition coefficient (Wildman–Crippen LogP) is 3.92. The molecule has 0 radical (unpaired) electrons. The second kappa shape index (κ2) is 7.55. The highest BCUT2D eigenvalue weighted by molar-refractivity contribution is 6.04. The number of nitrogens with zero attached hydrogens (tertiary/aromatic N) is 4. The van der Waals surface area contributed by atoms with E-state index in [2.05, 4.69) is 4.98 Å². The Morgan fingerprint density at radius 2 is 1.93 bits per heavy atom. The Bertz CT molecular complexity index is 1110. The van der Waals surface area contributed by atoms with Crippen LogP contribution in [0.4, 0.5) is 10.1 Å². The molecule has 0 spiro atoms. The summed E-state index contributed by atoms with van der Waals surface area (Å²) in [5.74, 6) is 0.489. The molecule has 0 bridgehead atoms. The molecule has 1 aromatic carbocycles. The number of benzene rings is 1. The smallest absolute Gasteiger partial charge is 0.259 e. The molecule has 0 saturated carbocycles. The van der Waals surface area contributed by atoms with E-state index in [1.807, 2.05) is 30.9 Å². The first-order chi connectivity index (χ1) is 14.0. The van der Waals surface area contributed by atoms with Crippen LogP contribution in [0.25, 0.3) is 11.0 Å². The zero-order chi connectivity index (χ0) is 20.5. The minimum atomic E-state index is -0.436. The Morgan fingerprint density at radius 3 is 2.62 bits per heavy atom. The largest absolute Gasteiger partial charge is 0.460 e. The van der Waals surface area contributed by atoms with Gasteiger partial charge in [0.05, 0.1) is 11.6 Å². The first kappa shape index (κ1) is 18.9. The molecule has 7 heteroatoms.